The predicted molar refractivity (Wildman–Crippen MR) is 85.0 cm³/mol. The monoisotopic (exact) mass is 307 g/mol. The summed E-state index contributed by atoms with van der Waals surface area (Å²) in [6.07, 6.45) is 4.05. The van der Waals surface area contributed by atoms with Gasteiger partial charge in [0.2, 0.25) is 5.91 Å². The molecule has 0 aromatic heterocycles. The molecule has 0 heterocycles. The van der Waals surface area contributed by atoms with Crippen molar-refractivity contribution in [1.29, 1.82) is 0 Å². The van der Waals surface area contributed by atoms with Crippen LogP contribution in [0.3, 0.4) is 0 Å². The number of carboxylic acids is 1. The van der Waals surface area contributed by atoms with Crippen LogP contribution >= 0.6 is 0 Å². The molecule has 1 aromatic rings. The lowest BCUT2D eigenvalue weighted by atomic mass is 10.1. The van der Waals surface area contributed by atoms with Gasteiger partial charge in [-0.25, -0.2) is 0 Å². The van der Waals surface area contributed by atoms with Gasteiger partial charge < -0.3 is 15.2 Å². The SMILES string of the molecule is CCCCCOc1ccc(CCNC(=O)CCC(=O)O)cc1. The standard InChI is InChI=1S/C17H25NO4/c1-2-3-4-13-22-15-7-5-14(6-8-15)11-12-18-16(19)9-10-17(20)21/h5-8H,2-4,9-13H2,1H3,(H,18,19)(H,20,21). The number of amides is 1. The molecule has 5 nitrogen and oxygen atoms in total. The maximum atomic E-state index is 11.4. The van der Waals surface area contributed by atoms with Crippen LogP contribution < -0.4 is 10.1 Å². The fraction of sp³-hybridized carbons (Fsp3) is 0.529. The molecule has 122 valence electrons. The lowest BCUT2D eigenvalue weighted by Gasteiger charge is -2.07. The van der Waals surface area contributed by atoms with Gasteiger partial charge in [-0.05, 0) is 30.5 Å². The van der Waals surface area contributed by atoms with Gasteiger partial charge in [0.05, 0.1) is 13.0 Å². The zero-order chi connectivity index (χ0) is 16.2. The summed E-state index contributed by atoms with van der Waals surface area (Å²) in [5, 5.41) is 11.2. The molecular formula is C17H25NO4. The maximum Gasteiger partial charge on any atom is 0.303 e. The van der Waals surface area contributed by atoms with E-state index in [2.05, 4.69) is 12.2 Å². The number of carbonyl (C=O) groups is 2. The van der Waals surface area contributed by atoms with E-state index in [1.54, 1.807) is 0 Å². The van der Waals surface area contributed by atoms with Crippen molar-refractivity contribution in [2.24, 2.45) is 0 Å². The third-order valence-electron chi connectivity index (χ3n) is 3.24. The molecule has 1 rings (SSSR count). The molecule has 22 heavy (non-hydrogen) atoms. The van der Waals surface area contributed by atoms with Gasteiger partial charge in [-0.1, -0.05) is 31.9 Å². The first-order chi connectivity index (χ1) is 10.6. The number of hydrogen-bond acceptors (Lipinski definition) is 3. The van der Waals surface area contributed by atoms with Crippen molar-refractivity contribution >= 4 is 11.9 Å². The molecule has 0 atom stereocenters. The fourth-order valence-corrected chi connectivity index (χ4v) is 1.95. The van der Waals surface area contributed by atoms with Crippen LogP contribution in [0.2, 0.25) is 0 Å². The second kappa shape index (κ2) is 10.7. The minimum atomic E-state index is -0.954. The van der Waals surface area contributed by atoms with Crippen molar-refractivity contribution in [3.8, 4) is 5.75 Å². The van der Waals surface area contributed by atoms with E-state index in [-0.39, 0.29) is 18.7 Å². The Morgan fingerprint density at radius 3 is 2.50 bits per heavy atom. The van der Waals surface area contributed by atoms with Crippen molar-refractivity contribution in [3.05, 3.63) is 29.8 Å². The Morgan fingerprint density at radius 2 is 1.86 bits per heavy atom. The minimum Gasteiger partial charge on any atom is -0.494 e. The van der Waals surface area contributed by atoms with Crippen LogP contribution in [-0.2, 0) is 16.0 Å². The van der Waals surface area contributed by atoms with Gasteiger partial charge in [-0.2, -0.15) is 0 Å². The highest BCUT2D eigenvalue weighted by atomic mass is 16.5. The summed E-state index contributed by atoms with van der Waals surface area (Å²) in [5.41, 5.74) is 1.11. The van der Waals surface area contributed by atoms with E-state index in [1.807, 2.05) is 24.3 Å². The summed E-state index contributed by atoms with van der Waals surface area (Å²) in [6.45, 7) is 3.41. The topological polar surface area (TPSA) is 75.6 Å². The number of rotatable bonds is 11. The molecule has 0 fully saturated rings. The maximum absolute atomic E-state index is 11.4. The Bertz CT molecular complexity index is 456. The van der Waals surface area contributed by atoms with Crippen LogP contribution in [0.25, 0.3) is 0 Å². The number of nitrogens with one attached hydrogen (secondary N) is 1. The van der Waals surface area contributed by atoms with Crippen LogP contribution in [-0.4, -0.2) is 30.1 Å². The smallest absolute Gasteiger partial charge is 0.303 e. The molecule has 2 N–H and O–H groups in total. The molecule has 5 heteroatoms. The van der Waals surface area contributed by atoms with Crippen LogP contribution in [0.4, 0.5) is 0 Å². The van der Waals surface area contributed by atoms with Crippen molar-refractivity contribution in [3.63, 3.8) is 0 Å². The highest BCUT2D eigenvalue weighted by Gasteiger charge is 2.04. The quantitative estimate of drug-likeness (QED) is 0.616. The van der Waals surface area contributed by atoms with Crippen molar-refractivity contribution < 1.29 is 19.4 Å². The lowest BCUT2D eigenvalue weighted by Crippen LogP contribution is -2.25. The molecule has 0 unspecified atom stereocenters. The molecule has 0 bridgehead atoms. The van der Waals surface area contributed by atoms with Gasteiger partial charge in [0.1, 0.15) is 5.75 Å². The number of aliphatic carboxylic acids is 1. The second-order valence-corrected chi connectivity index (χ2v) is 5.19. The van der Waals surface area contributed by atoms with E-state index < -0.39 is 5.97 Å². The van der Waals surface area contributed by atoms with E-state index >= 15 is 0 Å². The Hall–Kier alpha value is -2.04. The van der Waals surface area contributed by atoms with Gasteiger partial charge in [0, 0.05) is 13.0 Å². The molecule has 0 saturated heterocycles. The molecule has 0 aliphatic rings. The first-order valence-electron chi connectivity index (χ1n) is 7.82. The molecule has 0 spiro atoms. The van der Waals surface area contributed by atoms with Crippen LogP contribution in [0.5, 0.6) is 5.75 Å². The number of benzene rings is 1. The molecule has 0 aliphatic heterocycles. The Balaban J connectivity index is 2.21. The normalized spacial score (nSPS) is 10.2. The van der Waals surface area contributed by atoms with Crippen molar-refractivity contribution in [1.82, 2.24) is 5.32 Å². The predicted octanol–water partition coefficient (Wildman–Crippen LogP) is 2.78. The first-order valence-corrected chi connectivity index (χ1v) is 7.82. The number of unbranched alkanes of at least 4 members (excludes halogenated alkanes) is 2. The number of ether oxygens (including phenoxy) is 1. The third kappa shape index (κ3) is 8.29. The Morgan fingerprint density at radius 1 is 1.14 bits per heavy atom. The molecule has 0 saturated carbocycles. The number of carbonyl (C=O) groups excluding carboxylic acids is 1. The Labute approximate surface area is 131 Å². The summed E-state index contributed by atoms with van der Waals surface area (Å²) < 4.78 is 5.63. The number of carboxylic acid groups (broad SMARTS) is 1. The summed E-state index contributed by atoms with van der Waals surface area (Å²) in [6, 6.07) is 7.85. The average molecular weight is 307 g/mol. The van der Waals surface area contributed by atoms with E-state index in [4.69, 9.17) is 9.84 Å². The average Bonchev–Trinajstić information content (AvgIpc) is 2.51. The van der Waals surface area contributed by atoms with Gasteiger partial charge in [-0.3, -0.25) is 9.59 Å². The molecule has 1 aromatic carbocycles. The lowest BCUT2D eigenvalue weighted by molar-refractivity contribution is -0.138. The van der Waals surface area contributed by atoms with E-state index in [1.165, 1.54) is 12.8 Å². The molecule has 0 radical (unpaired) electrons. The minimum absolute atomic E-state index is 0.0276. The van der Waals surface area contributed by atoms with Crippen molar-refractivity contribution in [2.75, 3.05) is 13.2 Å². The fourth-order valence-electron chi connectivity index (χ4n) is 1.95. The largest absolute Gasteiger partial charge is 0.494 e. The highest BCUT2D eigenvalue weighted by molar-refractivity contribution is 5.80. The summed E-state index contributed by atoms with van der Waals surface area (Å²) >= 11 is 0. The number of hydrogen-bond donors (Lipinski definition) is 2. The van der Waals surface area contributed by atoms with E-state index in [9.17, 15) is 9.59 Å². The Kier molecular flexibility index (Phi) is 8.72. The molecule has 0 aliphatic carbocycles. The van der Waals surface area contributed by atoms with E-state index in [0.717, 1.165) is 30.8 Å². The van der Waals surface area contributed by atoms with Crippen LogP contribution in [0.15, 0.2) is 24.3 Å². The second-order valence-electron chi connectivity index (χ2n) is 5.19. The summed E-state index contributed by atoms with van der Waals surface area (Å²) in [5.74, 6) is -0.312. The van der Waals surface area contributed by atoms with Crippen LogP contribution in [0.1, 0.15) is 44.6 Å². The summed E-state index contributed by atoms with van der Waals surface area (Å²) in [4.78, 5) is 21.7. The molecular weight excluding hydrogens is 282 g/mol. The van der Waals surface area contributed by atoms with Gasteiger partial charge >= 0.3 is 5.97 Å². The zero-order valence-electron chi connectivity index (χ0n) is 13.1. The summed E-state index contributed by atoms with van der Waals surface area (Å²) in [7, 11) is 0. The highest BCUT2D eigenvalue weighted by Crippen LogP contribution is 2.13. The van der Waals surface area contributed by atoms with Crippen LogP contribution in [0, 0.1) is 0 Å². The first kappa shape index (κ1) is 18.0. The zero-order valence-corrected chi connectivity index (χ0v) is 13.1. The molecule has 1 amide bonds. The van der Waals surface area contributed by atoms with E-state index in [0.29, 0.717) is 6.54 Å². The van der Waals surface area contributed by atoms with Gasteiger partial charge in [0.15, 0.2) is 0 Å². The van der Waals surface area contributed by atoms with Gasteiger partial charge in [0.25, 0.3) is 0 Å². The van der Waals surface area contributed by atoms with Crippen molar-refractivity contribution in [2.45, 2.75) is 45.4 Å². The van der Waals surface area contributed by atoms with Gasteiger partial charge in [-0.15, -0.1) is 0 Å². The third-order valence-corrected chi connectivity index (χ3v) is 3.24.